The van der Waals surface area contributed by atoms with E-state index in [0.717, 1.165) is 67.1 Å². The molecule has 6 heterocycles. The number of nitrogens with one attached hydrogen (secondary N) is 2. The summed E-state index contributed by atoms with van der Waals surface area (Å²) in [7, 11) is 3.40. The first kappa shape index (κ1) is 46.8. The second-order valence-electron chi connectivity index (χ2n) is 19.4. The minimum absolute atomic E-state index is 0.0421. The van der Waals surface area contributed by atoms with Crippen LogP contribution in [0.2, 0.25) is 5.02 Å². The van der Waals surface area contributed by atoms with E-state index in [2.05, 4.69) is 46.3 Å². The number of alkyl halides is 2. The van der Waals surface area contributed by atoms with Crippen LogP contribution in [0.3, 0.4) is 0 Å². The van der Waals surface area contributed by atoms with Crippen molar-refractivity contribution in [3.8, 4) is 29.0 Å². The van der Waals surface area contributed by atoms with Crippen molar-refractivity contribution in [2.45, 2.75) is 91.0 Å². The molecule has 1 aliphatic carbocycles. The van der Waals surface area contributed by atoms with Crippen molar-refractivity contribution in [1.29, 1.82) is 5.26 Å². The first-order valence-corrected chi connectivity index (χ1v) is 23.6. The molecule has 5 aromatic rings. The van der Waals surface area contributed by atoms with Gasteiger partial charge in [-0.1, -0.05) is 39.3 Å². The van der Waals surface area contributed by atoms with Crippen LogP contribution in [0.25, 0.3) is 11.1 Å². The van der Waals surface area contributed by atoms with Gasteiger partial charge in [-0.25, -0.2) is 23.5 Å². The van der Waals surface area contributed by atoms with Crippen molar-refractivity contribution in [2.24, 2.45) is 17.9 Å². The van der Waals surface area contributed by atoms with E-state index in [-0.39, 0.29) is 41.7 Å². The lowest BCUT2D eigenvalue weighted by Gasteiger charge is -2.63. The molecule has 2 N–H and O–H groups in total. The van der Waals surface area contributed by atoms with E-state index in [0.29, 0.717) is 72.2 Å². The van der Waals surface area contributed by atoms with Gasteiger partial charge < -0.3 is 29.9 Å². The van der Waals surface area contributed by atoms with E-state index >= 15 is 0 Å². The molecule has 19 heteroatoms. The van der Waals surface area contributed by atoms with E-state index in [1.54, 1.807) is 60.3 Å². The number of fused-ring (bicyclic) bond motifs is 2. The number of aromatic nitrogens is 6. The maximum atomic E-state index is 14.8. The second kappa shape index (κ2) is 18.6. The lowest BCUT2D eigenvalue weighted by Crippen LogP contribution is -2.74. The van der Waals surface area contributed by atoms with Gasteiger partial charge in [-0.05, 0) is 61.1 Å². The molecule has 3 aliphatic heterocycles. The Morgan fingerprint density at radius 3 is 2.43 bits per heavy atom. The molecule has 3 aromatic heterocycles. The van der Waals surface area contributed by atoms with Crippen LogP contribution in [0, 0.1) is 22.2 Å². The Labute approximate surface area is 399 Å². The van der Waals surface area contributed by atoms with Gasteiger partial charge in [0.1, 0.15) is 24.5 Å². The topological polar surface area (TPSA) is 172 Å². The molecule has 358 valence electrons. The predicted molar refractivity (Wildman–Crippen MR) is 251 cm³/mol. The fraction of sp³-hybridized carbons (Fsp3) is 0.490. The largest absolute Gasteiger partial charge is 0.489 e. The summed E-state index contributed by atoms with van der Waals surface area (Å²) in [5.74, 6) is 0.993. The van der Waals surface area contributed by atoms with Gasteiger partial charge in [0.2, 0.25) is 0 Å². The number of carbonyl (C=O) groups excluding carboxylic acids is 2. The third-order valence-electron chi connectivity index (χ3n) is 14.3. The van der Waals surface area contributed by atoms with Gasteiger partial charge in [0.15, 0.2) is 5.82 Å². The highest BCUT2D eigenvalue weighted by atomic mass is 35.5. The Bertz CT molecular complexity index is 2730. The Hall–Kier alpha value is -6.32. The third-order valence-corrected chi connectivity index (χ3v) is 14.6. The fourth-order valence-corrected chi connectivity index (χ4v) is 11.3. The summed E-state index contributed by atoms with van der Waals surface area (Å²) in [6, 6.07) is 10.5. The number of aryl methyl sites for hydroxylation is 2. The summed E-state index contributed by atoms with van der Waals surface area (Å²) >= 11 is 6.25. The molecule has 0 unspecified atom stereocenters. The Kier molecular flexibility index (Phi) is 12.8. The van der Waals surface area contributed by atoms with Crippen LogP contribution in [0.4, 0.5) is 25.1 Å². The van der Waals surface area contributed by atoms with Gasteiger partial charge in [-0.15, -0.1) is 0 Å². The normalized spacial score (nSPS) is 20.0. The number of carbonyl (C=O) groups is 2. The molecule has 0 radical (unpaired) electrons. The van der Waals surface area contributed by atoms with E-state index in [1.807, 2.05) is 33.8 Å². The zero-order valence-corrected chi connectivity index (χ0v) is 40.0. The van der Waals surface area contributed by atoms with Crippen molar-refractivity contribution < 1.29 is 27.8 Å². The van der Waals surface area contributed by atoms with Gasteiger partial charge in [0.25, 0.3) is 12.3 Å². The predicted octanol–water partition coefficient (Wildman–Crippen LogP) is 7.65. The molecule has 16 nitrogen and oxygen atoms in total. The van der Waals surface area contributed by atoms with Gasteiger partial charge in [0.05, 0.1) is 34.9 Å². The number of anilines is 2. The zero-order chi connectivity index (χ0) is 48.1. The van der Waals surface area contributed by atoms with Crippen molar-refractivity contribution in [1.82, 2.24) is 50.0 Å². The van der Waals surface area contributed by atoms with E-state index in [9.17, 15) is 23.6 Å². The molecule has 9 rings (SSSR count). The number of hydrogen-bond donors (Lipinski definition) is 2. The number of amides is 3. The van der Waals surface area contributed by atoms with Crippen molar-refractivity contribution in [3.63, 3.8) is 0 Å². The van der Waals surface area contributed by atoms with E-state index in [1.165, 1.54) is 12.4 Å². The Morgan fingerprint density at radius 2 is 1.76 bits per heavy atom. The van der Waals surface area contributed by atoms with Crippen molar-refractivity contribution in [2.75, 3.05) is 51.3 Å². The maximum absolute atomic E-state index is 14.8. The number of nitrogens with zero attached hydrogens (tertiary/aromatic N) is 10. The molecule has 4 aliphatic rings. The SMILES string of the molecule is CNC(=O)N1CCc2c(c(N3CCCc4cc(-c5cnn(C)c5)c(C(F)F)cc43)nn2C2CCN(CCOc3ncc(C(=O)NC4C(C)(C)C(Oc5ccc(C#N)c(Cl)c5)C4(C)C)cn3)CC2)C1. The summed E-state index contributed by atoms with van der Waals surface area (Å²) in [5.41, 5.74) is 4.71. The van der Waals surface area contributed by atoms with Crippen LogP contribution in [0.1, 0.15) is 97.7 Å². The molecule has 0 bridgehead atoms. The average Bonchev–Trinajstić information content (AvgIpc) is 3.95. The van der Waals surface area contributed by atoms with Crippen LogP contribution >= 0.6 is 11.6 Å². The molecular formula is C49H57ClF2N12O4. The number of halogens is 3. The monoisotopic (exact) mass is 950 g/mol. The molecule has 3 amide bonds. The summed E-state index contributed by atoms with van der Waals surface area (Å²) in [6.45, 7) is 12.4. The first-order chi connectivity index (χ1) is 32.6. The maximum Gasteiger partial charge on any atom is 0.317 e. The van der Waals surface area contributed by atoms with Gasteiger partial charge >= 0.3 is 12.0 Å². The lowest BCUT2D eigenvalue weighted by atomic mass is 9.49. The van der Waals surface area contributed by atoms with Crippen molar-refractivity contribution in [3.05, 3.63) is 93.7 Å². The molecule has 0 atom stereocenters. The average molecular weight is 952 g/mol. The number of piperidine rings is 1. The minimum atomic E-state index is -2.68. The number of likely N-dealkylation sites (tertiary alicyclic amines) is 1. The fourth-order valence-electron chi connectivity index (χ4n) is 11.1. The molecule has 0 spiro atoms. The van der Waals surface area contributed by atoms with E-state index in [4.69, 9.17) is 26.2 Å². The van der Waals surface area contributed by atoms with Gasteiger partial charge in [-0.2, -0.15) is 15.5 Å². The van der Waals surface area contributed by atoms with Crippen LogP contribution < -0.4 is 25.0 Å². The van der Waals surface area contributed by atoms with Crippen LogP contribution in [-0.2, 0) is 26.4 Å². The lowest BCUT2D eigenvalue weighted by molar-refractivity contribution is -0.164. The molecule has 2 fully saturated rings. The molecule has 1 saturated heterocycles. The number of rotatable bonds is 12. The van der Waals surface area contributed by atoms with Crippen LogP contribution in [-0.4, -0.2) is 110 Å². The zero-order valence-electron chi connectivity index (χ0n) is 39.2. The highest BCUT2D eigenvalue weighted by Crippen LogP contribution is 2.56. The quantitative estimate of drug-likeness (QED) is 0.126. The molecule has 68 heavy (non-hydrogen) atoms. The smallest absolute Gasteiger partial charge is 0.317 e. The van der Waals surface area contributed by atoms with Gasteiger partial charge in [-0.3, -0.25) is 19.1 Å². The van der Waals surface area contributed by atoms with E-state index < -0.39 is 17.3 Å². The summed E-state index contributed by atoms with van der Waals surface area (Å²) < 4.78 is 45.6. The summed E-state index contributed by atoms with van der Waals surface area (Å²) in [6.07, 6.45) is 7.32. The van der Waals surface area contributed by atoms with Crippen LogP contribution in [0.15, 0.2) is 55.1 Å². The first-order valence-electron chi connectivity index (χ1n) is 23.2. The Balaban J connectivity index is 0.819. The number of hydrogen-bond acceptors (Lipinski definition) is 11. The third kappa shape index (κ3) is 8.82. The summed E-state index contributed by atoms with van der Waals surface area (Å²) in [5, 5.41) is 25.0. The second-order valence-corrected chi connectivity index (χ2v) is 19.8. The summed E-state index contributed by atoms with van der Waals surface area (Å²) in [4.78, 5) is 41.2. The Morgan fingerprint density at radius 1 is 1.01 bits per heavy atom. The number of ether oxygens (including phenoxy) is 2. The highest BCUT2D eigenvalue weighted by molar-refractivity contribution is 6.31. The molecule has 1 saturated carbocycles. The number of benzene rings is 2. The van der Waals surface area contributed by atoms with Crippen molar-refractivity contribution >= 4 is 35.0 Å². The highest BCUT2D eigenvalue weighted by Gasteiger charge is 2.64. The number of urea groups is 1. The number of nitriles is 1. The standard InChI is InChI=1S/C49H57ClF2N12O4/c1-48(2)44(49(3,4)45(48)68-34-10-9-30(23-53)38(50)21-34)58-43(65)31-24-55-46(56-25-31)67-19-18-61-15-11-33(12-16-61)64-39-13-17-62(47(66)54-5)28-37(39)42(59-64)63-14-7-8-29-20-35(32-26-57-60(6)27-32)36(41(51)52)22-40(29)63/h9-10,20-22,24-27,33,41,44-45H,7-8,11-19,28H2,1-6H3,(H,54,66)(H,58,65). The van der Waals surface area contributed by atoms with Crippen LogP contribution in [0.5, 0.6) is 11.8 Å². The molecular weight excluding hydrogens is 894 g/mol. The van der Waals surface area contributed by atoms with Gasteiger partial charge in [0, 0.05) is 123 Å². The molecule has 2 aromatic carbocycles. The minimum Gasteiger partial charge on any atom is -0.489 e.